The molecule has 0 radical (unpaired) electrons. The molecule has 1 aromatic carbocycles. The van der Waals surface area contributed by atoms with Crippen LogP contribution in [0, 0.1) is 0 Å². The molecule has 1 amide bonds. The van der Waals surface area contributed by atoms with Crippen molar-refractivity contribution >= 4 is 28.4 Å². The van der Waals surface area contributed by atoms with Gasteiger partial charge in [-0.2, -0.15) is 5.10 Å². The Morgan fingerprint density at radius 1 is 1.12 bits per heavy atom. The standard InChI is InChI=1S/C18H21N7O/c1-23-17-15(11-21-23)18(20-13-19-17)25-9-7-24(8-10-25)12-16(26)22-14-5-3-2-4-6-14/h2-6,11,13H,7-10,12H2,1H3,(H,22,26). The molecule has 3 heterocycles. The van der Waals surface area contributed by atoms with Crippen molar-refractivity contribution in [2.24, 2.45) is 7.05 Å². The molecule has 134 valence electrons. The molecule has 1 fully saturated rings. The summed E-state index contributed by atoms with van der Waals surface area (Å²) in [6.45, 7) is 3.66. The van der Waals surface area contributed by atoms with Crippen LogP contribution in [0.1, 0.15) is 0 Å². The van der Waals surface area contributed by atoms with Crippen molar-refractivity contribution in [2.75, 3.05) is 42.9 Å². The fourth-order valence-corrected chi connectivity index (χ4v) is 3.24. The first-order valence-corrected chi connectivity index (χ1v) is 8.65. The second-order valence-electron chi connectivity index (χ2n) is 6.38. The highest BCUT2D eigenvalue weighted by atomic mass is 16.2. The number of rotatable bonds is 4. The van der Waals surface area contributed by atoms with Gasteiger partial charge >= 0.3 is 0 Å². The Kier molecular flexibility index (Phi) is 4.49. The van der Waals surface area contributed by atoms with Crippen molar-refractivity contribution in [2.45, 2.75) is 0 Å². The zero-order valence-corrected chi connectivity index (χ0v) is 14.7. The number of aryl methyl sites for hydroxylation is 1. The lowest BCUT2D eigenvalue weighted by Crippen LogP contribution is -2.49. The first-order chi connectivity index (χ1) is 12.7. The van der Waals surface area contributed by atoms with Crippen LogP contribution in [0.15, 0.2) is 42.9 Å². The Bertz CT molecular complexity index is 900. The van der Waals surface area contributed by atoms with Crippen LogP contribution in [0.25, 0.3) is 11.0 Å². The molecule has 8 nitrogen and oxygen atoms in total. The Morgan fingerprint density at radius 2 is 1.88 bits per heavy atom. The van der Waals surface area contributed by atoms with E-state index in [1.807, 2.05) is 43.6 Å². The number of nitrogens with one attached hydrogen (secondary N) is 1. The van der Waals surface area contributed by atoms with Crippen LogP contribution in [-0.2, 0) is 11.8 Å². The molecule has 0 spiro atoms. The average molecular weight is 351 g/mol. The van der Waals surface area contributed by atoms with Crippen molar-refractivity contribution in [3.05, 3.63) is 42.9 Å². The van der Waals surface area contributed by atoms with E-state index in [4.69, 9.17) is 0 Å². The van der Waals surface area contributed by atoms with Gasteiger partial charge in [-0.3, -0.25) is 14.4 Å². The summed E-state index contributed by atoms with van der Waals surface area (Å²) in [5, 5.41) is 8.17. The average Bonchev–Trinajstić information content (AvgIpc) is 3.04. The molecule has 8 heteroatoms. The number of amides is 1. The molecule has 1 aliphatic heterocycles. The number of aromatic nitrogens is 4. The first kappa shape index (κ1) is 16.5. The third-order valence-corrected chi connectivity index (χ3v) is 4.60. The van der Waals surface area contributed by atoms with Crippen molar-refractivity contribution in [1.29, 1.82) is 0 Å². The van der Waals surface area contributed by atoms with Gasteiger partial charge in [-0.1, -0.05) is 18.2 Å². The van der Waals surface area contributed by atoms with E-state index in [0.717, 1.165) is 48.7 Å². The maximum atomic E-state index is 12.2. The molecule has 26 heavy (non-hydrogen) atoms. The number of piperazine rings is 1. The summed E-state index contributed by atoms with van der Waals surface area (Å²) in [4.78, 5) is 25.3. The van der Waals surface area contributed by atoms with Crippen LogP contribution in [-0.4, -0.2) is 63.3 Å². The van der Waals surface area contributed by atoms with Gasteiger partial charge in [-0.15, -0.1) is 0 Å². The summed E-state index contributed by atoms with van der Waals surface area (Å²) in [5.74, 6) is 0.929. The number of hydrogen-bond donors (Lipinski definition) is 1. The molecule has 0 saturated carbocycles. The fraction of sp³-hybridized carbons (Fsp3) is 0.333. The highest BCUT2D eigenvalue weighted by Gasteiger charge is 2.22. The highest BCUT2D eigenvalue weighted by Crippen LogP contribution is 2.23. The van der Waals surface area contributed by atoms with Crippen molar-refractivity contribution < 1.29 is 4.79 Å². The van der Waals surface area contributed by atoms with Crippen molar-refractivity contribution in [1.82, 2.24) is 24.6 Å². The number of benzene rings is 1. The quantitative estimate of drug-likeness (QED) is 0.759. The normalized spacial score (nSPS) is 15.3. The van der Waals surface area contributed by atoms with Gasteiger partial charge in [-0.05, 0) is 12.1 Å². The molecule has 0 bridgehead atoms. The van der Waals surface area contributed by atoms with Crippen LogP contribution in [0.2, 0.25) is 0 Å². The summed E-state index contributed by atoms with van der Waals surface area (Å²) < 4.78 is 1.75. The summed E-state index contributed by atoms with van der Waals surface area (Å²) in [5.41, 5.74) is 1.66. The van der Waals surface area contributed by atoms with E-state index in [-0.39, 0.29) is 5.91 Å². The smallest absolute Gasteiger partial charge is 0.238 e. The van der Waals surface area contributed by atoms with Gasteiger partial charge in [0, 0.05) is 38.9 Å². The third kappa shape index (κ3) is 3.36. The molecule has 1 aliphatic rings. The maximum absolute atomic E-state index is 12.2. The minimum Gasteiger partial charge on any atom is -0.353 e. The van der Waals surface area contributed by atoms with Crippen molar-refractivity contribution in [3.63, 3.8) is 0 Å². The zero-order valence-electron chi connectivity index (χ0n) is 14.7. The first-order valence-electron chi connectivity index (χ1n) is 8.65. The van der Waals surface area contributed by atoms with Gasteiger partial charge in [0.1, 0.15) is 12.1 Å². The summed E-state index contributed by atoms with van der Waals surface area (Å²) in [6.07, 6.45) is 3.39. The SMILES string of the molecule is Cn1ncc2c(N3CCN(CC(=O)Nc4ccccc4)CC3)ncnc21. The second-order valence-corrected chi connectivity index (χ2v) is 6.38. The second kappa shape index (κ2) is 7.09. The molecule has 1 saturated heterocycles. The number of carbonyl (C=O) groups is 1. The lowest BCUT2D eigenvalue weighted by atomic mass is 10.2. The minimum absolute atomic E-state index is 0.0151. The summed E-state index contributed by atoms with van der Waals surface area (Å²) in [7, 11) is 1.88. The van der Waals surface area contributed by atoms with E-state index < -0.39 is 0 Å². The molecule has 2 aromatic heterocycles. The Balaban J connectivity index is 1.36. The number of hydrogen-bond acceptors (Lipinski definition) is 6. The van der Waals surface area contributed by atoms with E-state index in [1.165, 1.54) is 0 Å². The number of nitrogens with zero attached hydrogens (tertiary/aromatic N) is 6. The molecule has 3 aromatic rings. The fourth-order valence-electron chi connectivity index (χ4n) is 3.24. The third-order valence-electron chi connectivity index (χ3n) is 4.60. The Morgan fingerprint density at radius 3 is 2.65 bits per heavy atom. The predicted molar refractivity (Wildman–Crippen MR) is 100 cm³/mol. The maximum Gasteiger partial charge on any atom is 0.238 e. The molecule has 1 N–H and O–H groups in total. The van der Waals surface area contributed by atoms with Gasteiger partial charge < -0.3 is 10.2 Å². The molecule has 4 rings (SSSR count). The zero-order chi connectivity index (χ0) is 17.9. The summed E-state index contributed by atoms with van der Waals surface area (Å²) in [6, 6.07) is 9.54. The van der Waals surface area contributed by atoms with E-state index in [1.54, 1.807) is 11.0 Å². The van der Waals surface area contributed by atoms with Crippen LogP contribution >= 0.6 is 0 Å². The lowest BCUT2D eigenvalue weighted by Gasteiger charge is -2.35. The number of fused-ring (bicyclic) bond motifs is 1. The molecule has 0 aliphatic carbocycles. The summed E-state index contributed by atoms with van der Waals surface area (Å²) >= 11 is 0. The minimum atomic E-state index is 0.0151. The number of carbonyl (C=O) groups excluding carboxylic acids is 1. The number of anilines is 2. The molecule has 0 unspecified atom stereocenters. The molecular weight excluding hydrogens is 330 g/mol. The van der Waals surface area contributed by atoms with Gasteiger partial charge in [-0.25, -0.2) is 9.97 Å². The van der Waals surface area contributed by atoms with Crippen LogP contribution < -0.4 is 10.2 Å². The van der Waals surface area contributed by atoms with E-state index >= 15 is 0 Å². The van der Waals surface area contributed by atoms with Crippen LogP contribution in [0.5, 0.6) is 0 Å². The molecule has 0 atom stereocenters. The van der Waals surface area contributed by atoms with Gasteiger partial charge in [0.05, 0.1) is 18.1 Å². The predicted octanol–water partition coefficient (Wildman–Crippen LogP) is 1.12. The largest absolute Gasteiger partial charge is 0.353 e. The number of para-hydroxylation sites is 1. The van der Waals surface area contributed by atoms with E-state index in [0.29, 0.717) is 6.54 Å². The Labute approximate surface area is 151 Å². The van der Waals surface area contributed by atoms with E-state index in [9.17, 15) is 4.79 Å². The van der Waals surface area contributed by atoms with Gasteiger partial charge in [0.15, 0.2) is 5.65 Å². The topological polar surface area (TPSA) is 79.2 Å². The van der Waals surface area contributed by atoms with Gasteiger partial charge in [0.2, 0.25) is 5.91 Å². The highest BCUT2D eigenvalue weighted by molar-refractivity contribution is 5.92. The van der Waals surface area contributed by atoms with Crippen LogP contribution in [0.4, 0.5) is 11.5 Å². The lowest BCUT2D eigenvalue weighted by molar-refractivity contribution is -0.117. The Hall–Kier alpha value is -3.00. The van der Waals surface area contributed by atoms with Gasteiger partial charge in [0.25, 0.3) is 0 Å². The van der Waals surface area contributed by atoms with Crippen molar-refractivity contribution in [3.8, 4) is 0 Å². The van der Waals surface area contributed by atoms with Crippen LogP contribution in [0.3, 0.4) is 0 Å². The van der Waals surface area contributed by atoms with E-state index in [2.05, 4.69) is 30.2 Å². The molecular formula is C18H21N7O. The monoisotopic (exact) mass is 351 g/mol.